The number of Topliss-reactive ketones (excluding diaryl/α,β-unsaturated/α-hetero) is 2. The molecule has 4 heteroatoms. The fourth-order valence-electron chi connectivity index (χ4n) is 1.39. The number of ketones is 2. The summed E-state index contributed by atoms with van der Waals surface area (Å²) in [5.74, 6) is -0.607. The van der Waals surface area contributed by atoms with Gasteiger partial charge in [0, 0.05) is 18.3 Å². The fourth-order valence-corrected chi connectivity index (χ4v) is 1.39. The number of hydrogen-bond donors (Lipinski definition) is 1. The van der Waals surface area contributed by atoms with E-state index >= 15 is 0 Å². The van der Waals surface area contributed by atoms with Crippen LogP contribution in [0.3, 0.4) is 0 Å². The summed E-state index contributed by atoms with van der Waals surface area (Å²) in [4.78, 5) is 22.1. The van der Waals surface area contributed by atoms with Crippen molar-refractivity contribution in [1.82, 2.24) is 0 Å². The highest BCUT2D eigenvalue weighted by Gasteiger charge is 2.28. The maximum absolute atomic E-state index is 11.1. The number of rotatable bonds is 4. The number of aliphatic hydroxyl groups is 1. The van der Waals surface area contributed by atoms with Crippen LogP contribution < -0.4 is 0 Å². The van der Waals surface area contributed by atoms with Crippen molar-refractivity contribution in [1.29, 1.82) is 0 Å². The topological polar surface area (TPSA) is 63.6 Å². The molecule has 4 nitrogen and oxygen atoms in total. The third kappa shape index (κ3) is 3.72. The summed E-state index contributed by atoms with van der Waals surface area (Å²) in [6.45, 7) is 4.24. The number of hydrogen-bond acceptors (Lipinski definition) is 4. The third-order valence-electron chi connectivity index (χ3n) is 2.56. The van der Waals surface area contributed by atoms with Crippen LogP contribution in [0.4, 0.5) is 0 Å². The molecule has 86 valence electrons. The summed E-state index contributed by atoms with van der Waals surface area (Å²) in [7, 11) is 0. The Morgan fingerprint density at radius 2 is 2.07 bits per heavy atom. The Morgan fingerprint density at radius 3 is 2.60 bits per heavy atom. The molecule has 1 atom stereocenters. The van der Waals surface area contributed by atoms with Gasteiger partial charge in [-0.2, -0.15) is 0 Å². The number of aliphatic hydroxyl groups excluding tert-OH is 1. The van der Waals surface area contributed by atoms with Crippen LogP contribution in [0.25, 0.3) is 0 Å². The average Bonchev–Trinajstić information content (AvgIpc) is 2.20. The zero-order valence-corrected chi connectivity index (χ0v) is 9.28. The molecule has 0 aliphatic heterocycles. The molecule has 0 aromatic heterocycles. The molecule has 0 amide bonds. The van der Waals surface area contributed by atoms with Crippen molar-refractivity contribution < 1.29 is 19.4 Å². The molecular formula is C11H18O4. The van der Waals surface area contributed by atoms with Crippen LogP contribution in [-0.4, -0.2) is 36.0 Å². The summed E-state index contributed by atoms with van der Waals surface area (Å²) >= 11 is 0. The van der Waals surface area contributed by atoms with E-state index in [4.69, 9.17) is 9.84 Å². The van der Waals surface area contributed by atoms with E-state index in [1.807, 2.05) is 13.8 Å². The Morgan fingerprint density at radius 1 is 1.40 bits per heavy atom. The van der Waals surface area contributed by atoms with E-state index < -0.39 is 0 Å². The highest BCUT2D eigenvalue weighted by molar-refractivity contribution is 6.37. The third-order valence-corrected chi connectivity index (χ3v) is 2.56. The minimum atomic E-state index is -0.326. The second-order valence-electron chi connectivity index (χ2n) is 4.84. The molecule has 0 aromatic carbocycles. The van der Waals surface area contributed by atoms with Gasteiger partial charge in [0.1, 0.15) is 0 Å². The van der Waals surface area contributed by atoms with Gasteiger partial charge in [-0.05, 0) is 6.42 Å². The first-order valence-corrected chi connectivity index (χ1v) is 5.23. The van der Waals surface area contributed by atoms with Crippen LogP contribution in [0.5, 0.6) is 0 Å². The fraction of sp³-hybridized carbons (Fsp3) is 0.818. The number of carbonyl (C=O) groups is 2. The second-order valence-corrected chi connectivity index (χ2v) is 4.84. The molecule has 15 heavy (non-hydrogen) atoms. The van der Waals surface area contributed by atoms with E-state index in [1.165, 1.54) is 0 Å². The lowest BCUT2D eigenvalue weighted by atomic mass is 9.93. The quantitative estimate of drug-likeness (QED) is 0.700. The van der Waals surface area contributed by atoms with E-state index in [0.29, 0.717) is 19.4 Å². The van der Waals surface area contributed by atoms with Gasteiger partial charge in [0.25, 0.3) is 0 Å². The Bertz CT molecular complexity index is 257. The molecule has 1 aliphatic rings. The monoisotopic (exact) mass is 214 g/mol. The maximum atomic E-state index is 11.1. The van der Waals surface area contributed by atoms with Crippen molar-refractivity contribution in [3.05, 3.63) is 0 Å². The van der Waals surface area contributed by atoms with Crippen LogP contribution in [0.15, 0.2) is 0 Å². The van der Waals surface area contributed by atoms with Gasteiger partial charge in [0.05, 0.1) is 19.3 Å². The van der Waals surface area contributed by atoms with E-state index in [0.717, 1.165) is 0 Å². The lowest BCUT2D eigenvalue weighted by Gasteiger charge is -2.27. The Labute approximate surface area is 89.6 Å². The molecule has 0 saturated heterocycles. The van der Waals surface area contributed by atoms with Gasteiger partial charge < -0.3 is 9.84 Å². The van der Waals surface area contributed by atoms with Gasteiger partial charge in [-0.15, -0.1) is 0 Å². The first-order chi connectivity index (χ1) is 6.94. The van der Waals surface area contributed by atoms with E-state index in [9.17, 15) is 9.59 Å². The molecule has 0 aromatic rings. The molecular weight excluding hydrogens is 196 g/mol. The largest absolute Gasteiger partial charge is 0.396 e. The molecule has 0 bridgehead atoms. The van der Waals surface area contributed by atoms with Crippen LogP contribution in [0.1, 0.15) is 33.1 Å². The Balaban J connectivity index is 2.35. The predicted octanol–water partition coefficient (Wildman–Crippen LogP) is 0.712. The Hall–Kier alpha value is -0.740. The highest BCUT2D eigenvalue weighted by Crippen LogP contribution is 2.20. The summed E-state index contributed by atoms with van der Waals surface area (Å²) in [6, 6.07) is 0. The van der Waals surface area contributed by atoms with Crippen LogP contribution >= 0.6 is 0 Å². The van der Waals surface area contributed by atoms with E-state index in [-0.39, 0.29) is 36.1 Å². The van der Waals surface area contributed by atoms with Crippen molar-refractivity contribution in [2.24, 2.45) is 5.41 Å². The number of carbonyl (C=O) groups excluding carboxylic acids is 2. The minimum absolute atomic E-state index is 0.0482. The SMILES string of the molecule is CC(C)(CO)COC1CCC(=O)C(=O)C1. The first-order valence-electron chi connectivity index (χ1n) is 5.23. The van der Waals surface area contributed by atoms with E-state index in [1.54, 1.807) is 0 Å². The zero-order chi connectivity index (χ0) is 11.5. The zero-order valence-electron chi connectivity index (χ0n) is 9.28. The molecule has 1 rings (SSSR count). The lowest BCUT2D eigenvalue weighted by molar-refractivity contribution is -0.142. The van der Waals surface area contributed by atoms with Crippen LogP contribution in [-0.2, 0) is 14.3 Å². The number of ether oxygens (including phenoxy) is 1. The molecule has 1 aliphatic carbocycles. The van der Waals surface area contributed by atoms with Gasteiger partial charge in [0.15, 0.2) is 5.78 Å². The standard InChI is InChI=1S/C11H18O4/c1-11(2,6-12)7-15-8-3-4-9(13)10(14)5-8/h8,12H,3-7H2,1-2H3. The molecule has 0 radical (unpaired) electrons. The molecule has 0 heterocycles. The molecule has 0 spiro atoms. The van der Waals surface area contributed by atoms with Gasteiger partial charge in [-0.3, -0.25) is 9.59 Å². The maximum Gasteiger partial charge on any atom is 0.200 e. The molecule has 1 saturated carbocycles. The smallest absolute Gasteiger partial charge is 0.200 e. The minimum Gasteiger partial charge on any atom is -0.396 e. The molecule has 1 fully saturated rings. The molecule has 1 N–H and O–H groups in total. The summed E-state index contributed by atoms with van der Waals surface area (Å²) in [6.07, 6.45) is 0.955. The van der Waals surface area contributed by atoms with E-state index in [2.05, 4.69) is 0 Å². The summed E-state index contributed by atoms with van der Waals surface area (Å²) in [5.41, 5.74) is -0.287. The first kappa shape index (κ1) is 12.3. The van der Waals surface area contributed by atoms with Crippen molar-refractivity contribution in [3.63, 3.8) is 0 Å². The van der Waals surface area contributed by atoms with Gasteiger partial charge >= 0.3 is 0 Å². The predicted molar refractivity (Wildman–Crippen MR) is 54.5 cm³/mol. The highest BCUT2D eigenvalue weighted by atomic mass is 16.5. The van der Waals surface area contributed by atoms with Gasteiger partial charge in [-0.1, -0.05) is 13.8 Å². The summed E-state index contributed by atoms with van der Waals surface area (Å²) in [5, 5.41) is 9.02. The van der Waals surface area contributed by atoms with Crippen molar-refractivity contribution in [3.8, 4) is 0 Å². The average molecular weight is 214 g/mol. The normalized spacial score (nSPS) is 23.3. The Kier molecular flexibility index (Phi) is 3.99. The van der Waals surface area contributed by atoms with Crippen molar-refractivity contribution in [2.75, 3.05) is 13.2 Å². The van der Waals surface area contributed by atoms with Crippen LogP contribution in [0, 0.1) is 5.41 Å². The van der Waals surface area contributed by atoms with Crippen molar-refractivity contribution >= 4 is 11.6 Å². The second kappa shape index (κ2) is 4.86. The van der Waals surface area contributed by atoms with Crippen molar-refractivity contribution in [2.45, 2.75) is 39.2 Å². The van der Waals surface area contributed by atoms with Crippen LogP contribution in [0.2, 0.25) is 0 Å². The van der Waals surface area contributed by atoms with Gasteiger partial charge in [-0.25, -0.2) is 0 Å². The molecule has 1 unspecified atom stereocenters. The van der Waals surface area contributed by atoms with Gasteiger partial charge in [0.2, 0.25) is 5.78 Å². The summed E-state index contributed by atoms with van der Waals surface area (Å²) < 4.78 is 5.52. The lowest BCUT2D eigenvalue weighted by Crippen LogP contribution is -2.33.